The fraction of sp³-hybridized carbons (Fsp3) is 0.429. The summed E-state index contributed by atoms with van der Waals surface area (Å²) in [7, 11) is 0. The summed E-state index contributed by atoms with van der Waals surface area (Å²) in [4.78, 5) is 9.20. The van der Waals surface area contributed by atoms with Gasteiger partial charge in [-0.05, 0) is 25.0 Å². The molecule has 92 valence electrons. The van der Waals surface area contributed by atoms with Crippen molar-refractivity contribution in [3.05, 3.63) is 24.3 Å². The van der Waals surface area contributed by atoms with Gasteiger partial charge in [0.1, 0.15) is 5.82 Å². The molecule has 0 aliphatic carbocycles. The molecular formula is C14H16N4. The van der Waals surface area contributed by atoms with E-state index >= 15 is 0 Å². The average Bonchev–Trinajstić information content (AvgIpc) is 3.02. The van der Waals surface area contributed by atoms with Crippen molar-refractivity contribution in [2.45, 2.75) is 39.3 Å². The van der Waals surface area contributed by atoms with Gasteiger partial charge in [-0.3, -0.25) is 0 Å². The van der Waals surface area contributed by atoms with Gasteiger partial charge in [0.2, 0.25) is 0 Å². The van der Waals surface area contributed by atoms with Gasteiger partial charge < -0.3 is 9.13 Å². The van der Waals surface area contributed by atoms with Gasteiger partial charge in [-0.1, -0.05) is 6.92 Å². The smallest absolute Gasteiger partial charge is 0.109 e. The van der Waals surface area contributed by atoms with Crippen molar-refractivity contribution in [3.63, 3.8) is 0 Å². The number of aromatic nitrogens is 4. The fourth-order valence-corrected chi connectivity index (χ4v) is 2.98. The zero-order chi connectivity index (χ0) is 12.1. The zero-order valence-electron chi connectivity index (χ0n) is 10.6. The standard InChI is InChI=1S/C14H16N4/c1-2-5-17-9-15-10-7-11-13(8-12(10)17)18-6-3-4-14(18)16-11/h7-9H,2-6H2,1H3. The molecule has 1 aliphatic rings. The maximum absolute atomic E-state index is 4.71. The van der Waals surface area contributed by atoms with Crippen molar-refractivity contribution in [2.24, 2.45) is 0 Å². The number of nitrogens with zero attached hydrogens (tertiary/aromatic N) is 4. The van der Waals surface area contributed by atoms with E-state index in [1.807, 2.05) is 6.33 Å². The third kappa shape index (κ3) is 1.26. The Morgan fingerprint density at radius 2 is 2.17 bits per heavy atom. The molecule has 0 unspecified atom stereocenters. The lowest BCUT2D eigenvalue weighted by atomic mass is 10.2. The van der Waals surface area contributed by atoms with Gasteiger partial charge in [-0.15, -0.1) is 0 Å². The predicted octanol–water partition coefficient (Wildman–Crippen LogP) is 2.74. The highest BCUT2D eigenvalue weighted by Gasteiger charge is 2.17. The molecule has 3 aromatic rings. The van der Waals surface area contributed by atoms with E-state index in [0.717, 1.165) is 37.0 Å². The van der Waals surface area contributed by atoms with E-state index in [1.165, 1.54) is 23.3 Å². The molecule has 4 rings (SSSR count). The minimum Gasteiger partial charge on any atom is -0.331 e. The molecule has 3 heterocycles. The lowest BCUT2D eigenvalue weighted by Gasteiger charge is -2.02. The summed E-state index contributed by atoms with van der Waals surface area (Å²) in [6.07, 6.45) is 5.41. The van der Waals surface area contributed by atoms with Gasteiger partial charge in [-0.2, -0.15) is 0 Å². The molecule has 0 atom stereocenters. The summed E-state index contributed by atoms with van der Waals surface area (Å²) < 4.78 is 4.60. The molecular weight excluding hydrogens is 224 g/mol. The van der Waals surface area contributed by atoms with Gasteiger partial charge in [0.15, 0.2) is 0 Å². The van der Waals surface area contributed by atoms with Gasteiger partial charge in [-0.25, -0.2) is 9.97 Å². The molecule has 0 radical (unpaired) electrons. The number of rotatable bonds is 2. The molecule has 0 saturated carbocycles. The van der Waals surface area contributed by atoms with Crippen LogP contribution >= 0.6 is 0 Å². The van der Waals surface area contributed by atoms with Crippen molar-refractivity contribution >= 4 is 22.1 Å². The fourth-order valence-electron chi connectivity index (χ4n) is 2.98. The molecule has 0 fully saturated rings. The highest BCUT2D eigenvalue weighted by atomic mass is 15.1. The number of imidazole rings is 2. The number of fused-ring (bicyclic) bond motifs is 4. The molecule has 4 nitrogen and oxygen atoms in total. The summed E-state index contributed by atoms with van der Waals surface area (Å²) in [6.45, 7) is 4.34. The van der Waals surface area contributed by atoms with Crippen LogP contribution in [0.1, 0.15) is 25.6 Å². The Kier molecular flexibility index (Phi) is 2.01. The van der Waals surface area contributed by atoms with Crippen LogP contribution in [0.3, 0.4) is 0 Å². The Morgan fingerprint density at radius 1 is 1.22 bits per heavy atom. The van der Waals surface area contributed by atoms with Gasteiger partial charge in [0.05, 0.1) is 28.4 Å². The van der Waals surface area contributed by atoms with Crippen LogP contribution < -0.4 is 0 Å². The first-order valence-corrected chi connectivity index (χ1v) is 6.71. The van der Waals surface area contributed by atoms with E-state index < -0.39 is 0 Å². The normalized spacial score (nSPS) is 14.7. The number of hydrogen-bond donors (Lipinski definition) is 0. The minimum atomic E-state index is 1.03. The van der Waals surface area contributed by atoms with Crippen LogP contribution in [0.2, 0.25) is 0 Å². The first-order chi connectivity index (χ1) is 8.86. The molecule has 1 aromatic carbocycles. The maximum Gasteiger partial charge on any atom is 0.109 e. The molecule has 0 amide bonds. The monoisotopic (exact) mass is 240 g/mol. The van der Waals surface area contributed by atoms with Crippen LogP contribution in [0.15, 0.2) is 18.5 Å². The quantitative estimate of drug-likeness (QED) is 0.690. The predicted molar refractivity (Wildman–Crippen MR) is 71.6 cm³/mol. The van der Waals surface area contributed by atoms with Crippen molar-refractivity contribution in [2.75, 3.05) is 0 Å². The van der Waals surface area contributed by atoms with Gasteiger partial charge >= 0.3 is 0 Å². The van der Waals surface area contributed by atoms with Crippen molar-refractivity contribution in [1.82, 2.24) is 19.1 Å². The first-order valence-electron chi connectivity index (χ1n) is 6.71. The second-order valence-corrected chi connectivity index (χ2v) is 5.05. The van der Waals surface area contributed by atoms with Crippen LogP contribution in [-0.4, -0.2) is 19.1 Å². The summed E-state index contributed by atoms with van der Waals surface area (Å²) in [6, 6.07) is 4.39. The number of benzene rings is 1. The van der Waals surface area contributed by atoms with Gasteiger partial charge in [0.25, 0.3) is 0 Å². The van der Waals surface area contributed by atoms with Crippen molar-refractivity contribution in [1.29, 1.82) is 0 Å². The lowest BCUT2D eigenvalue weighted by Crippen LogP contribution is -1.95. The van der Waals surface area contributed by atoms with Crippen LogP contribution in [0.25, 0.3) is 22.1 Å². The van der Waals surface area contributed by atoms with E-state index in [-0.39, 0.29) is 0 Å². The van der Waals surface area contributed by atoms with E-state index in [1.54, 1.807) is 0 Å². The number of hydrogen-bond acceptors (Lipinski definition) is 2. The Bertz CT molecular complexity index is 735. The molecule has 18 heavy (non-hydrogen) atoms. The molecule has 0 bridgehead atoms. The molecule has 1 aliphatic heterocycles. The van der Waals surface area contributed by atoms with Crippen LogP contribution in [0.5, 0.6) is 0 Å². The topological polar surface area (TPSA) is 35.6 Å². The van der Waals surface area contributed by atoms with Crippen LogP contribution in [-0.2, 0) is 19.5 Å². The Hall–Kier alpha value is -1.84. The summed E-state index contributed by atoms with van der Waals surface area (Å²) in [5.41, 5.74) is 4.67. The van der Waals surface area contributed by atoms with E-state index in [4.69, 9.17) is 4.98 Å². The van der Waals surface area contributed by atoms with Crippen LogP contribution in [0.4, 0.5) is 0 Å². The Labute approximate surface area is 105 Å². The number of aryl methyl sites for hydroxylation is 3. The highest BCUT2D eigenvalue weighted by Crippen LogP contribution is 2.26. The lowest BCUT2D eigenvalue weighted by molar-refractivity contribution is 0.697. The Balaban J connectivity index is 2.02. The molecule has 0 saturated heterocycles. The zero-order valence-corrected chi connectivity index (χ0v) is 10.6. The molecule has 4 heteroatoms. The van der Waals surface area contributed by atoms with Crippen LogP contribution in [0, 0.1) is 0 Å². The minimum absolute atomic E-state index is 1.03. The molecule has 0 spiro atoms. The SMILES string of the molecule is CCCn1cnc2cc3nc4n(c3cc21)CCC4. The third-order valence-corrected chi connectivity index (χ3v) is 3.82. The molecule has 2 aromatic heterocycles. The van der Waals surface area contributed by atoms with Crippen molar-refractivity contribution in [3.8, 4) is 0 Å². The van der Waals surface area contributed by atoms with Gasteiger partial charge in [0, 0.05) is 19.5 Å². The van der Waals surface area contributed by atoms with E-state index in [0.29, 0.717) is 0 Å². The average molecular weight is 240 g/mol. The second kappa shape index (κ2) is 3.57. The Morgan fingerprint density at radius 3 is 3.06 bits per heavy atom. The first kappa shape index (κ1) is 10.1. The summed E-state index contributed by atoms with van der Waals surface area (Å²) in [5, 5.41) is 0. The highest BCUT2D eigenvalue weighted by molar-refractivity contribution is 5.92. The summed E-state index contributed by atoms with van der Waals surface area (Å²) >= 11 is 0. The third-order valence-electron chi connectivity index (χ3n) is 3.82. The largest absolute Gasteiger partial charge is 0.331 e. The second-order valence-electron chi connectivity index (χ2n) is 5.05. The van der Waals surface area contributed by atoms with E-state index in [2.05, 4.69) is 33.2 Å². The summed E-state index contributed by atoms with van der Waals surface area (Å²) in [5.74, 6) is 1.24. The van der Waals surface area contributed by atoms with Crippen molar-refractivity contribution < 1.29 is 0 Å². The van der Waals surface area contributed by atoms with E-state index in [9.17, 15) is 0 Å². The molecule has 0 N–H and O–H groups in total. The maximum atomic E-state index is 4.71.